The first kappa shape index (κ1) is 19.0. The Hall–Kier alpha value is -2.32. The Labute approximate surface area is 164 Å². The highest BCUT2D eigenvalue weighted by atomic mass is 16.7. The van der Waals surface area contributed by atoms with Crippen LogP contribution in [0.3, 0.4) is 0 Å². The van der Waals surface area contributed by atoms with Crippen molar-refractivity contribution in [2.45, 2.75) is 19.4 Å². The molecule has 0 radical (unpaired) electrons. The number of rotatable bonds is 7. The summed E-state index contributed by atoms with van der Waals surface area (Å²) in [5.74, 6) is 1.16. The maximum Gasteiger partial charge on any atom is 0.231 e. The fraction of sp³-hybridized carbons (Fsp3) is 0.600. The number of nitrogens with zero attached hydrogens (tertiary/aromatic N) is 2. The SMILES string of the molecule is O=C(NCCCN1CCOCC1)C1CC(=O)N(Cc2ccc3c(c2)OCO3)C1. The highest BCUT2D eigenvalue weighted by molar-refractivity contribution is 5.89. The van der Waals surface area contributed by atoms with Gasteiger partial charge in [0.25, 0.3) is 0 Å². The van der Waals surface area contributed by atoms with Crippen LogP contribution in [0.5, 0.6) is 11.5 Å². The van der Waals surface area contributed by atoms with E-state index in [0.29, 0.717) is 25.4 Å². The average molecular weight is 389 g/mol. The third kappa shape index (κ3) is 4.56. The van der Waals surface area contributed by atoms with Gasteiger partial charge >= 0.3 is 0 Å². The molecule has 0 saturated carbocycles. The minimum absolute atomic E-state index is 0.0196. The second-order valence-electron chi connectivity index (χ2n) is 7.46. The number of morpholine rings is 1. The van der Waals surface area contributed by atoms with Gasteiger partial charge in [-0.05, 0) is 30.7 Å². The zero-order valence-corrected chi connectivity index (χ0v) is 16.0. The van der Waals surface area contributed by atoms with Crippen LogP contribution >= 0.6 is 0 Å². The molecule has 3 heterocycles. The summed E-state index contributed by atoms with van der Waals surface area (Å²) in [4.78, 5) is 28.9. The van der Waals surface area contributed by atoms with E-state index in [0.717, 1.165) is 50.6 Å². The van der Waals surface area contributed by atoms with Gasteiger partial charge in [0.2, 0.25) is 18.6 Å². The van der Waals surface area contributed by atoms with Crippen LogP contribution in [0.15, 0.2) is 18.2 Å². The average Bonchev–Trinajstić information content (AvgIpc) is 3.32. The molecule has 28 heavy (non-hydrogen) atoms. The smallest absolute Gasteiger partial charge is 0.231 e. The third-order valence-corrected chi connectivity index (χ3v) is 5.45. The first-order chi connectivity index (χ1) is 13.7. The largest absolute Gasteiger partial charge is 0.454 e. The normalized spacial score (nSPS) is 21.9. The predicted octanol–water partition coefficient (Wildman–Crippen LogP) is 0.602. The number of hydrogen-bond donors (Lipinski definition) is 1. The van der Waals surface area contributed by atoms with Crippen LogP contribution in [0.1, 0.15) is 18.4 Å². The monoisotopic (exact) mass is 389 g/mol. The summed E-state index contributed by atoms with van der Waals surface area (Å²) in [6.45, 7) is 6.27. The molecule has 1 aromatic carbocycles. The lowest BCUT2D eigenvalue weighted by molar-refractivity contribution is -0.129. The molecule has 8 nitrogen and oxygen atoms in total. The molecule has 0 spiro atoms. The van der Waals surface area contributed by atoms with E-state index in [1.165, 1.54) is 0 Å². The second-order valence-corrected chi connectivity index (χ2v) is 7.46. The van der Waals surface area contributed by atoms with E-state index in [9.17, 15) is 9.59 Å². The van der Waals surface area contributed by atoms with Crippen molar-refractivity contribution in [2.75, 3.05) is 52.7 Å². The number of carbonyl (C=O) groups excluding carboxylic acids is 2. The van der Waals surface area contributed by atoms with Crippen LogP contribution in [0.25, 0.3) is 0 Å². The van der Waals surface area contributed by atoms with Crippen molar-refractivity contribution in [1.82, 2.24) is 15.1 Å². The minimum atomic E-state index is -0.273. The molecule has 2 saturated heterocycles. The van der Waals surface area contributed by atoms with Crippen molar-refractivity contribution >= 4 is 11.8 Å². The van der Waals surface area contributed by atoms with Gasteiger partial charge in [0.05, 0.1) is 19.1 Å². The highest BCUT2D eigenvalue weighted by Crippen LogP contribution is 2.33. The molecule has 2 fully saturated rings. The molecule has 1 unspecified atom stereocenters. The third-order valence-electron chi connectivity index (χ3n) is 5.45. The lowest BCUT2D eigenvalue weighted by Gasteiger charge is -2.26. The molecular weight excluding hydrogens is 362 g/mol. The molecule has 1 N–H and O–H groups in total. The first-order valence-corrected chi connectivity index (χ1v) is 9.93. The van der Waals surface area contributed by atoms with E-state index in [-0.39, 0.29) is 30.9 Å². The molecule has 1 aromatic rings. The van der Waals surface area contributed by atoms with Gasteiger partial charge in [0, 0.05) is 39.1 Å². The number of benzene rings is 1. The van der Waals surface area contributed by atoms with Crippen molar-refractivity contribution in [3.05, 3.63) is 23.8 Å². The topological polar surface area (TPSA) is 80.3 Å². The zero-order chi connectivity index (χ0) is 19.3. The van der Waals surface area contributed by atoms with Gasteiger partial charge < -0.3 is 24.4 Å². The summed E-state index contributed by atoms with van der Waals surface area (Å²) >= 11 is 0. The maximum atomic E-state index is 12.4. The number of fused-ring (bicyclic) bond motifs is 1. The van der Waals surface area contributed by atoms with Crippen molar-refractivity contribution in [3.63, 3.8) is 0 Å². The number of carbonyl (C=O) groups is 2. The summed E-state index contributed by atoms with van der Waals surface area (Å²) in [6.07, 6.45) is 1.19. The van der Waals surface area contributed by atoms with E-state index in [4.69, 9.17) is 14.2 Å². The fourth-order valence-electron chi connectivity index (χ4n) is 3.84. The number of ether oxygens (including phenoxy) is 3. The van der Waals surface area contributed by atoms with Gasteiger partial charge in [-0.1, -0.05) is 6.07 Å². The van der Waals surface area contributed by atoms with Crippen LogP contribution in [0, 0.1) is 5.92 Å². The number of hydrogen-bond acceptors (Lipinski definition) is 6. The molecule has 0 bridgehead atoms. The van der Waals surface area contributed by atoms with Gasteiger partial charge in [0.15, 0.2) is 11.5 Å². The van der Waals surface area contributed by atoms with Gasteiger partial charge in [-0.15, -0.1) is 0 Å². The lowest BCUT2D eigenvalue weighted by Crippen LogP contribution is -2.39. The molecule has 3 aliphatic rings. The van der Waals surface area contributed by atoms with Gasteiger partial charge in [-0.3, -0.25) is 14.5 Å². The quantitative estimate of drug-likeness (QED) is 0.688. The van der Waals surface area contributed by atoms with E-state index >= 15 is 0 Å². The van der Waals surface area contributed by atoms with E-state index < -0.39 is 0 Å². The van der Waals surface area contributed by atoms with E-state index in [1.807, 2.05) is 18.2 Å². The van der Waals surface area contributed by atoms with Crippen molar-refractivity contribution in [2.24, 2.45) is 5.92 Å². The van der Waals surface area contributed by atoms with Crippen molar-refractivity contribution < 1.29 is 23.8 Å². The molecule has 8 heteroatoms. The molecule has 2 amide bonds. The molecule has 1 atom stereocenters. The lowest BCUT2D eigenvalue weighted by atomic mass is 10.1. The number of nitrogens with one attached hydrogen (secondary N) is 1. The van der Waals surface area contributed by atoms with Crippen LogP contribution in [-0.4, -0.2) is 74.3 Å². The Kier molecular flexibility index (Phi) is 5.97. The van der Waals surface area contributed by atoms with Crippen LogP contribution in [0.4, 0.5) is 0 Å². The summed E-state index contributed by atoms with van der Waals surface area (Å²) in [6, 6.07) is 5.69. The van der Waals surface area contributed by atoms with Crippen molar-refractivity contribution in [1.29, 1.82) is 0 Å². The fourth-order valence-corrected chi connectivity index (χ4v) is 3.84. The van der Waals surface area contributed by atoms with Gasteiger partial charge in [-0.25, -0.2) is 0 Å². The molecule has 0 aromatic heterocycles. The van der Waals surface area contributed by atoms with Crippen LogP contribution < -0.4 is 14.8 Å². The van der Waals surface area contributed by atoms with Gasteiger partial charge in [0.1, 0.15) is 0 Å². The maximum absolute atomic E-state index is 12.4. The molecular formula is C20H27N3O5. The molecule has 152 valence electrons. The Bertz CT molecular complexity index is 720. The van der Waals surface area contributed by atoms with Crippen LogP contribution in [-0.2, 0) is 20.9 Å². The predicted molar refractivity (Wildman–Crippen MR) is 101 cm³/mol. The van der Waals surface area contributed by atoms with Crippen LogP contribution in [0.2, 0.25) is 0 Å². The summed E-state index contributed by atoms with van der Waals surface area (Å²) in [7, 11) is 0. The van der Waals surface area contributed by atoms with Gasteiger partial charge in [-0.2, -0.15) is 0 Å². The Balaban J connectivity index is 1.21. The Morgan fingerprint density at radius 2 is 2.00 bits per heavy atom. The van der Waals surface area contributed by atoms with E-state index in [2.05, 4.69) is 10.2 Å². The Morgan fingerprint density at radius 1 is 1.18 bits per heavy atom. The molecule has 0 aliphatic carbocycles. The highest BCUT2D eigenvalue weighted by Gasteiger charge is 2.34. The first-order valence-electron chi connectivity index (χ1n) is 9.93. The zero-order valence-electron chi connectivity index (χ0n) is 16.0. The molecule has 4 rings (SSSR count). The summed E-state index contributed by atoms with van der Waals surface area (Å²) in [5, 5.41) is 2.99. The standard InChI is InChI=1S/C20H27N3O5/c24-19-11-16(20(25)21-4-1-5-22-6-8-26-9-7-22)13-23(19)12-15-2-3-17-18(10-15)28-14-27-17/h2-3,10,16H,1,4-9,11-14H2,(H,21,25). The second kappa shape index (κ2) is 8.79. The summed E-state index contributed by atoms with van der Waals surface area (Å²) in [5.41, 5.74) is 0.976. The van der Waals surface area contributed by atoms with E-state index in [1.54, 1.807) is 4.90 Å². The minimum Gasteiger partial charge on any atom is -0.454 e. The molecule has 3 aliphatic heterocycles. The summed E-state index contributed by atoms with van der Waals surface area (Å²) < 4.78 is 16.0. The number of amides is 2. The van der Waals surface area contributed by atoms with Crippen molar-refractivity contribution in [3.8, 4) is 11.5 Å². The Morgan fingerprint density at radius 3 is 2.86 bits per heavy atom. The number of likely N-dealkylation sites (tertiary alicyclic amines) is 1.